The van der Waals surface area contributed by atoms with Crippen LogP contribution in [0.25, 0.3) is 11.3 Å². The number of anilines is 2. The van der Waals surface area contributed by atoms with Gasteiger partial charge in [-0.2, -0.15) is 5.10 Å². The van der Waals surface area contributed by atoms with E-state index >= 15 is 0 Å². The van der Waals surface area contributed by atoms with Gasteiger partial charge in [0.1, 0.15) is 23.4 Å². The van der Waals surface area contributed by atoms with E-state index in [1.54, 1.807) is 43.5 Å². The van der Waals surface area contributed by atoms with Crippen LogP contribution in [-0.2, 0) is 9.59 Å². The lowest BCUT2D eigenvalue weighted by atomic mass is 10.1. The summed E-state index contributed by atoms with van der Waals surface area (Å²) in [6, 6.07) is 13.2. The molecule has 1 aromatic heterocycles. The first-order valence-corrected chi connectivity index (χ1v) is 9.54. The van der Waals surface area contributed by atoms with Gasteiger partial charge in [-0.3, -0.25) is 9.59 Å². The Morgan fingerprint density at radius 2 is 1.93 bits per heavy atom. The molecule has 0 spiro atoms. The van der Waals surface area contributed by atoms with Crippen LogP contribution in [0.5, 0.6) is 11.5 Å². The highest BCUT2D eigenvalue weighted by atomic mass is 35.5. The normalized spacial score (nSPS) is 15.2. The van der Waals surface area contributed by atoms with Gasteiger partial charge in [0, 0.05) is 22.7 Å². The molecule has 8 nitrogen and oxygen atoms in total. The molecule has 9 heteroatoms. The van der Waals surface area contributed by atoms with Gasteiger partial charge >= 0.3 is 0 Å². The first-order chi connectivity index (χ1) is 14.5. The van der Waals surface area contributed by atoms with Crippen LogP contribution in [0.3, 0.4) is 0 Å². The van der Waals surface area contributed by atoms with Gasteiger partial charge in [0.25, 0.3) is 0 Å². The molecule has 4 rings (SSSR count). The molecule has 0 saturated heterocycles. The number of ether oxygens (including phenoxy) is 2. The van der Waals surface area contributed by atoms with Crippen molar-refractivity contribution in [3.05, 3.63) is 53.6 Å². The molecule has 1 unspecified atom stereocenters. The van der Waals surface area contributed by atoms with E-state index in [0.29, 0.717) is 33.7 Å². The summed E-state index contributed by atoms with van der Waals surface area (Å²) in [4.78, 5) is 25.2. The summed E-state index contributed by atoms with van der Waals surface area (Å²) in [5.41, 5.74) is 1.93. The average molecular weight is 427 g/mol. The van der Waals surface area contributed by atoms with Gasteiger partial charge in [-0.15, -0.1) is 0 Å². The predicted molar refractivity (Wildman–Crippen MR) is 113 cm³/mol. The minimum absolute atomic E-state index is 0.0287. The average Bonchev–Trinajstić information content (AvgIpc) is 3.17. The standard InChI is InChI=1S/C21H19ClN4O4/c1-29-14-7-8-15(18(9-14)30-2)23-21(28)17-11-20(27)24-19-10-16(25-26(17)19)12-3-5-13(22)6-4-12/h3-10,17H,11H2,1-2H3,(H,23,28)(H,24,27). The molecule has 0 saturated carbocycles. The SMILES string of the molecule is COc1ccc(NC(=O)C2CC(=O)Nc3cc(-c4ccc(Cl)cc4)nn32)c(OC)c1. The molecule has 1 aliphatic heterocycles. The van der Waals surface area contributed by atoms with Gasteiger partial charge < -0.3 is 20.1 Å². The zero-order valence-corrected chi connectivity index (χ0v) is 17.1. The van der Waals surface area contributed by atoms with Crippen molar-refractivity contribution in [2.75, 3.05) is 24.9 Å². The number of aromatic nitrogens is 2. The third-order valence-electron chi connectivity index (χ3n) is 4.79. The van der Waals surface area contributed by atoms with Crippen LogP contribution in [0.1, 0.15) is 12.5 Å². The number of fused-ring (bicyclic) bond motifs is 1. The van der Waals surface area contributed by atoms with Crippen LogP contribution in [0.2, 0.25) is 5.02 Å². The molecule has 3 aromatic rings. The topological polar surface area (TPSA) is 94.5 Å². The number of hydrogen-bond donors (Lipinski definition) is 2. The number of carbonyl (C=O) groups excluding carboxylic acids is 2. The number of carbonyl (C=O) groups is 2. The van der Waals surface area contributed by atoms with Crippen LogP contribution in [0.15, 0.2) is 48.5 Å². The minimum atomic E-state index is -0.804. The smallest absolute Gasteiger partial charge is 0.249 e. The van der Waals surface area contributed by atoms with E-state index in [1.807, 2.05) is 12.1 Å². The third-order valence-corrected chi connectivity index (χ3v) is 5.04. The molecule has 0 fully saturated rings. The second kappa shape index (κ2) is 8.08. The van der Waals surface area contributed by atoms with Crippen molar-refractivity contribution in [3.8, 4) is 22.8 Å². The first kappa shape index (κ1) is 19.8. The Labute approximate surface area is 177 Å². The molecule has 30 heavy (non-hydrogen) atoms. The monoisotopic (exact) mass is 426 g/mol. The van der Waals surface area contributed by atoms with Crippen molar-refractivity contribution in [2.45, 2.75) is 12.5 Å². The van der Waals surface area contributed by atoms with Crippen molar-refractivity contribution < 1.29 is 19.1 Å². The van der Waals surface area contributed by atoms with Crippen LogP contribution in [-0.4, -0.2) is 35.8 Å². The maximum Gasteiger partial charge on any atom is 0.249 e. The Morgan fingerprint density at radius 3 is 2.63 bits per heavy atom. The van der Waals surface area contributed by atoms with Gasteiger partial charge in [-0.1, -0.05) is 23.7 Å². The van der Waals surface area contributed by atoms with Crippen molar-refractivity contribution in [3.63, 3.8) is 0 Å². The highest BCUT2D eigenvalue weighted by molar-refractivity contribution is 6.30. The fourth-order valence-electron chi connectivity index (χ4n) is 3.26. The van der Waals surface area contributed by atoms with E-state index in [4.69, 9.17) is 21.1 Å². The molecule has 0 bridgehead atoms. The van der Waals surface area contributed by atoms with Gasteiger partial charge in [-0.25, -0.2) is 4.68 Å². The van der Waals surface area contributed by atoms with E-state index < -0.39 is 6.04 Å². The number of rotatable bonds is 5. The zero-order valence-electron chi connectivity index (χ0n) is 16.3. The van der Waals surface area contributed by atoms with Gasteiger partial charge in [-0.05, 0) is 24.3 Å². The maximum atomic E-state index is 13.0. The highest BCUT2D eigenvalue weighted by Crippen LogP contribution is 2.33. The Balaban J connectivity index is 1.63. The number of amides is 2. The Hall–Kier alpha value is -3.52. The Bertz CT molecular complexity index is 1110. The summed E-state index contributed by atoms with van der Waals surface area (Å²) in [6.07, 6.45) is -0.0287. The molecule has 1 aliphatic rings. The largest absolute Gasteiger partial charge is 0.497 e. The van der Waals surface area contributed by atoms with Crippen LogP contribution in [0.4, 0.5) is 11.5 Å². The highest BCUT2D eigenvalue weighted by Gasteiger charge is 2.32. The maximum absolute atomic E-state index is 13.0. The molecule has 0 radical (unpaired) electrons. The van der Waals surface area contributed by atoms with Crippen LogP contribution < -0.4 is 20.1 Å². The summed E-state index contributed by atoms with van der Waals surface area (Å²) in [6.45, 7) is 0. The van der Waals surface area contributed by atoms with Crippen LogP contribution in [0, 0.1) is 0 Å². The van der Waals surface area contributed by atoms with Crippen molar-refractivity contribution in [1.82, 2.24) is 9.78 Å². The molecular formula is C21H19ClN4O4. The van der Waals surface area contributed by atoms with Crippen molar-refractivity contribution in [1.29, 1.82) is 0 Å². The molecule has 2 aromatic carbocycles. The van der Waals surface area contributed by atoms with Gasteiger partial charge in [0.15, 0.2) is 0 Å². The molecular weight excluding hydrogens is 408 g/mol. The lowest BCUT2D eigenvalue weighted by Crippen LogP contribution is -2.35. The number of methoxy groups -OCH3 is 2. The van der Waals surface area contributed by atoms with E-state index in [0.717, 1.165) is 5.56 Å². The number of benzene rings is 2. The number of nitrogens with zero attached hydrogens (tertiary/aromatic N) is 2. The number of halogens is 1. The Kier molecular flexibility index (Phi) is 5.33. The Morgan fingerprint density at radius 1 is 1.17 bits per heavy atom. The number of nitrogens with one attached hydrogen (secondary N) is 2. The summed E-state index contributed by atoms with van der Waals surface area (Å²) < 4.78 is 12.0. The molecule has 1 atom stereocenters. The van der Waals surface area contributed by atoms with E-state index in [1.165, 1.54) is 11.8 Å². The third kappa shape index (κ3) is 3.81. The van der Waals surface area contributed by atoms with Gasteiger partial charge in [0.05, 0.1) is 32.0 Å². The lowest BCUT2D eigenvalue weighted by Gasteiger charge is -2.24. The summed E-state index contributed by atoms with van der Waals surface area (Å²) in [7, 11) is 3.05. The molecule has 2 N–H and O–H groups in total. The summed E-state index contributed by atoms with van der Waals surface area (Å²) >= 11 is 5.95. The van der Waals surface area contributed by atoms with Crippen molar-refractivity contribution >= 4 is 34.9 Å². The molecule has 2 heterocycles. The van der Waals surface area contributed by atoms with Crippen molar-refractivity contribution in [2.24, 2.45) is 0 Å². The summed E-state index contributed by atoms with van der Waals surface area (Å²) in [5.74, 6) is 0.875. The van der Waals surface area contributed by atoms with Crippen LogP contribution >= 0.6 is 11.6 Å². The quantitative estimate of drug-likeness (QED) is 0.648. The number of hydrogen-bond acceptors (Lipinski definition) is 5. The van der Waals surface area contributed by atoms with E-state index in [-0.39, 0.29) is 18.2 Å². The molecule has 154 valence electrons. The summed E-state index contributed by atoms with van der Waals surface area (Å²) in [5, 5.41) is 10.7. The lowest BCUT2D eigenvalue weighted by molar-refractivity contribution is -0.125. The molecule has 2 amide bonds. The van der Waals surface area contributed by atoms with E-state index in [9.17, 15) is 9.59 Å². The van der Waals surface area contributed by atoms with E-state index in [2.05, 4.69) is 15.7 Å². The second-order valence-electron chi connectivity index (χ2n) is 6.69. The molecule has 0 aliphatic carbocycles. The first-order valence-electron chi connectivity index (χ1n) is 9.16. The fourth-order valence-corrected chi connectivity index (χ4v) is 3.39. The second-order valence-corrected chi connectivity index (χ2v) is 7.13. The predicted octanol–water partition coefficient (Wildman–Crippen LogP) is 3.74. The minimum Gasteiger partial charge on any atom is -0.497 e. The zero-order chi connectivity index (χ0) is 21.3. The van der Waals surface area contributed by atoms with Gasteiger partial charge in [0.2, 0.25) is 11.8 Å². The fraction of sp³-hybridized carbons (Fsp3) is 0.190.